The number of anilines is 1. The summed E-state index contributed by atoms with van der Waals surface area (Å²) in [6.07, 6.45) is 0.801. The van der Waals surface area contributed by atoms with Crippen LogP contribution in [-0.2, 0) is 11.2 Å². The Labute approximate surface area is 92.5 Å². The fraction of sp³-hybridized carbons (Fsp3) is 0.462. The Morgan fingerprint density at radius 2 is 1.73 bits per heavy atom. The van der Waals surface area contributed by atoms with Gasteiger partial charge in [-0.2, -0.15) is 0 Å². The van der Waals surface area contributed by atoms with Crippen molar-refractivity contribution in [3.05, 3.63) is 29.8 Å². The zero-order chi connectivity index (χ0) is 11.8. The first-order chi connectivity index (χ1) is 7.09. The smallest absolute Gasteiger partial charge is 0.132 e. The molecule has 15 heavy (non-hydrogen) atoms. The summed E-state index contributed by atoms with van der Waals surface area (Å²) in [5.74, 6) is 0.334. The maximum Gasteiger partial charge on any atom is 0.132 e. The Morgan fingerprint density at radius 1 is 1.27 bits per heavy atom. The molecule has 0 amide bonds. The molecule has 0 spiro atoms. The largest absolute Gasteiger partial charge is 0.399 e. The molecule has 0 aliphatic carbocycles. The first-order valence-electron chi connectivity index (χ1n) is 5.44. The number of hydrogen-bond acceptors (Lipinski definition) is 2. The number of carbonyl (C=O) groups excluding carboxylic acids is 1. The van der Waals surface area contributed by atoms with Crippen LogP contribution in [-0.4, -0.2) is 5.78 Å². The minimum atomic E-state index is 0.101. The quantitative estimate of drug-likeness (QED) is 0.774. The molecule has 0 saturated heterocycles. The van der Waals surface area contributed by atoms with Gasteiger partial charge in [0.2, 0.25) is 0 Å². The molecule has 2 heteroatoms. The van der Waals surface area contributed by atoms with E-state index in [0.717, 1.165) is 17.7 Å². The second kappa shape index (κ2) is 7.04. The van der Waals surface area contributed by atoms with E-state index in [2.05, 4.69) is 0 Å². The Balaban J connectivity index is 0.000000921. The SMILES string of the molecule is CC.CC(=O)C(C)Cc1ccc(N)cc1. The van der Waals surface area contributed by atoms with Crippen molar-refractivity contribution in [2.45, 2.75) is 34.1 Å². The lowest BCUT2D eigenvalue weighted by molar-refractivity contribution is -0.120. The van der Waals surface area contributed by atoms with Crippen molar-refractivity contribution < 1.29 is 4.79 Å². The molecule has 1 atom stereocenters. The van der Waals surface area contributed by atoms with E-state index in [1.807, 2.05) is 45.0 Å². The molecule has 1 aromatic carbocycles. The van der Waals surface area contributed by atoms with E-state index in [-0.39, 0.29) is 11.7 Å². The van der Waals surface area contributed by atoms with E-state index in [4.69, 9.17) is 5.73 Å². The van der Waals surface area contributed by atoms with Gasteiger partial charge in [0.15, 0.2) is 0 Å². The van der Waals surface area contributed by atoms with Gasteiger partial charge >= 0.3 is 0 Å². The van der Waals surface area contributed by atoms with Gasteiger partial charge in [-0.05, 0) is 31.0 Å². The van der Waals surface area contributed by atoms with Crippen molar-refractivity contribution in [1.82, 2.24) is 0 Å². The van der Waals surface area contributed by atoms with E-state index in [9.17, 15) is 4.79 Å². The van der Waals surface area contributed by atoms with Crippen molar-refractivity contribution in [2.24, 2.45) is 5.92 Å². The van der Waals surface area contributed by atoms with Crippen LogP contribution >= 0.6 is 0 Å². The fourth-order valence-corrected chi connectivity index (χ4v) is 1.15. The van der Waals surface area contributed by atoms with Gasteiger partial charge < -0.3 is 5.73 Å². The highest BCUT2D eigenvalue weighted by molar-refractivity contribution is 5.78. The Morgan fingerprint density at radius 3 is 2.13 bits per heavy atom. The van der Waals surface area contributed by atoms with Crippen molar-refractivity contribution in [1.29, 1.82) is 0 Å². The van der Waals surface area contributed by atoms with Gasteiger partial charge in [0.1, 0.15) is 5.78 Å². The molecule has 1 rings (SSSR count). The van der Waals surface area contributed by atoms with E-state index in [1.54, 1.807) is 6.92 Å². The first kappa shape index (κ1) is 13.7. The van der Waals surface area contributed by atoms with Gasteiger partial charge in [0.25, 0.3) is 0 Å². The predicted octanol–water partition coefficient (Wildman–Crippen LogP) is 3.06. The van der Waals surface area contributed by atoms with Gasteiger partial charge in [-0.15, -0.1) is 0 Å². The molecular formula is C13H21NO. The van der Waals surface area contributed by atoms with Gasteiger partial charge in [-0.3, -0.25) is 4.79 Å². The molecule has 2 nitrogen and oxygen atoms in total. The van der Waals surface area contributed by atoms with Gasteiger partial charge in [-0.25, -0.2) is 0 Å². The lowest BCUT2D eigenvalue weighted by Gasteiger charge is -2.07. The normalized spacial score (nSPS) is 11.2. The standard InChI is InChI=1S/C11H15NO.C2H6/c1-8(9(2)13)7-10-3-5-11(12)6-4-10;1-2/h3-6,8H,7,12H2,1-2H3;1-2H3. The molecule has 1 unspecified atom stereocenters. The molecule has 0 radical (unpaired) electrons. The summed E-state index contributed by atoms with van der Waals surface area (Å²) in [5, 5.41) is 0. The van der Waals surface area contributed by atoms with Gasteiger partial charge in [0, 0.05) is 11.6 Å². The summed E-state index contributed by atoms with van der Waals surface area (Å²) in [6.45, 7) is 7.57. The lowest BCUT2D eigenvalue weighted by atomic mass is 9.98. The molecule has 0 saturated carbocycles. The highest BCUT2D eigenvalue weighted by atomic mass is 16.1. The second-order valence-corrected chi connectivity index (χ2v) is 3.46. The maximum atomic E-state index is 11.0. The van der Waals surface area contributed by atoms with Crippen LogP contribution in [0.25, 0.3) is 0 Å². The molecule has 2 N–H and O–H groups in total. The van der Waals surface area contributed by atoms with Crippen LogP contribution in [0.5, 0.6) is 0 Å². The Bertz CT molecular complexity index is 290. The lowest BCUT2D eigenvalue weighted by Crippen LogP contribution is -2.09. The zero-order valence-corrected chi connectivity index (χ0v) is 10.1. The van der Waals surface area contributed by atoms with Crippen LogP contribution < -0.4 is 5.73 Å². The number of rotatable bonds is 3. The predicted molar refractivity (Wildman–Crippen MR) is 65.8 cm³/mol. The summed E-state index contributed by atoms with van der Waals surface area (Å²) in [5.41, 5.74) is 7.48. The topological polar surface area (TPSA) is 43.1 Å². The molecule has 0 heterocycles. The van der Waals surface area contributed by atoms with E-state index >= 15 is 0 Å². The monoisotopic (exact) mass is 207 g/mol. The van der Waals surface area contributed by atoms with Crippen LogP contribution in [0.1, 0.15) is 33.3 Å². The molecule has 0 bridgehead atoms. The maximum absolute atomic E-state index is 11.0. The highest BCUT2D eigenvalue weighted by Gasteiger charge is 2.07. The molecule has 0 aliphatic rings. The number of Topliss-reactive ketones (excluding diaryl/α,β-unsaturated/α-hetero) is 1. The first-order valence-corrected chi connectivity index (χ1v) is 5.44. The van der Waals surface area contributed by atoms with Crippen LogP contribution in [0.2, 0.25) is 0 Å². The van der Waals surface area contributed by atoms with E-state index < -0.39 is 0 Å². The average molecular weight is 207 g/mol. The summed E-state index contributed by atoms with van der Waals surface area (Å²) in [6, 6.07) is 7.66. The number of hydrogen-bond donors (Lipinski definition) is 1. The Hall–Kier alpha value is -1.31. The van der Waals surface area contributed by atoms with Crippen LogP contribution in [0.4, 0.5) is 5.69 Å². The average Bonchev–Trinajstić information content (AvgIpc) is 2.24. The van der Waals surface area contributed by atoms with Crippen LogP contribution in [0.15, 0.2) is 24.3 Å². The molecule has 0 aliphatic heterocycles. The van der Waals surface area contributed by atoms with Crippen LogP contribution in [0, 0.1) is 5.92 Å². The highest BCUT2D eigenvalue weighted by Crippen LogP contribution is 2.11. The molecule has 0 fully saturated rings. The summed E-state index contributed by atoms with van der Waals surface area (Å²) >= 11 is 0. The number of ketones is 1. The van der Waals surface area contributed by atoms with E-state index in [0.29, 0.717) is 0 Å². The zero-order valence-electron chi connectivity index (χ0n) is 10.1. The number of nitrogens with two attached hydrogens (primary N) is 1. The summed E-state index contributed by atoms with van der Waals surface area (Å²) in [4.78, 5) is 11.0. The number of benzene rings is 1. The molecule has 1 aromatic rings. The minimum Gasteiger partial charge on any atom is -0.399 e. The van der Waals surface area contributed by atoms with Gasteiger partial charge in [0.05, 0.1) is 0 Å². The summed E-state index contributed by atoms with van der Waals surface area (Å²) < 4.78 is 0. The fourth-order valence-electron chi connectivity index (χ4n) is 1.15. The van der Waals surface area contributed by atoms with Crippen molar-refractivity contribution in [3.8, 4) is 0 Å². The van der Waals surface area contributed by atoms with Crippen LogP contribution in [0.3, 0.4) is 0 Å². The second-order valence-electron chi connectivity index (χ2n) is 3.46. The number of carbonyl (C=O) groups is 1. The minimum absolute atomic E-state index is 0.101. The number of nitrogen functional groups attached to an aromatic ring is 1. The molecule has 84 valence electrons. The van der Waals surface area contributed by atoms with Crippen molar-refractivity contribution in [2.75, 3.05) is 5.73 Å². The van der Waals surface area contributed by atoms with Crippen molar-refractivity contribution >= 4 is 11.5 Å². The Kier molecular flexibility index (Phi) is 6.43. The van der Waals surface area contributed by atoms with E-state index in [1.165, 1.54) is 0 Å². The third kappa shape index (κ3) is 5.21. The molecular weight excluding hydrogens is 186 g/mol. The van der Waals surface area contributed by atoms with Crippen molar-refractivity contribution in [3.63, 3.8) is 0 Å². The third-order valence-corrected chi connectivity index (χ3v) is 2.22. The summed E-state index contributed by atoms with van der Waals surface area (Å²) in [7, 11) is 0. The molecule has 0 aromatic heterocycles. The third-order valence-electron chi connectivity index (χ3n) is 2.22. The van der Waals surface area contributed by atoms with Gasteiger partial charge in [-0.1, -0.05) is 32.9 Å².